The molecule has 0 heterocycles. The summed E-state index contributed by atoms with van der Waals surface area (Å²) in [6, 6.07) is 16.1. The van der Waals surface area contributed by atoms with E-state index < -0.39 is 22.2 Å². The van der Waals surface area contributed by atoms with Crippen molar-refractivity contribution in [3.63, 3.8) is 0 Å². The SMILES string of the molecule is CCCCCCCCCCCCC(C#N)(CCCN(C)CCc1cccc(OC(O[N+](=O)[O-])C(C)(C)CNC(C)=O)c1)c1ccc(OC)c(OC)c1. The van der Waals surface area contributed by atoms with E-state index in [1.54, 1.807) is 34.1 Å². The molecule has 0 bridgehead atoms. The predicted molar refractivity (Wildman–Crippen MR) is 205 cm³/mol. The van der Waals surface area contributed by atoms with Crippen molar-refractivity contribution in [2.24, 2.45) is 5.41 Å². The highest BCUT2D eigenvalue weighted by atomic mass is 17.0. The molecule has 2 aromatic carbocycles. The molecule has 0 aromatic heterocycles. The molecule has 1 N–H and O–H groups in total. The largest absolute Gasteiger partial charge is 0.493 e. The average Bonchev–Trinajstić information content (AvgIpc) is 3.12. The van der Waals surface area contributed by atoms with E-state index in [0.29, 0.717) is 17.2 Å². The third-order valence-electron chi connectivity index (χ3n) is 9.79. The normalized spacial score (nSPS) is 13.1. The van der Waals surface area contributed by atoms with Gasteiger partial charge in [0.1, 0.15) is 5.75 Å². The first-order valence-electron chi connectivity index (χ1n) is 19.0. The van der Waals surface area contributed by atoms with Gasteiger partial charge < -0.3 is 24.4 Å². The minimum absolute atomic E-state index is 0.143. The number of rotatable bonds is 28. The van der Waals surface area contributed by atoms with Crippen LogP contribution in [0.5, 0.6) is 17.2 Å². The topological polar surface area (TPSA) is 136 Å². The van der Waals surface area contributed by atoms with Crippen LogP contribution in [0.2, 0.25) is 0 Å². The summed E-state index contributed by atoms with van der Waals surface area (Å²) in [5.74, 6) is 1.50. The number of methoxy groups -OCH3 is 2. The molecule has 2 rings (SSSR count). The number of benzene rings is 2. The van der Waals surface area contributed by atoms with Crippen molar-refractivity contribution in [1.82, 2.24) is 10.2 Å². The Morgan fingerprint density at radius 3 is 2.15 bits per heavy atom. The quantitative estimate of drug-likeness (QED) is 0.0395. The number of nitriles is 1. The summed E-state index contributed by atoms with van der Waals surface area (Å²) in [5, 5.41) is 23.8. The number of nitrogens with one attached hydrogen (secondary N) is 1. The van der Waals surface area contributed by atoms with Gasteiger partial charge in [-0.1, -0.05) is 103 Å². The van der Waals surface area contributed by atoms with Gasteiger partial charge in [0.05, 0.1) is 25.7 Å². The van der Waals surface area contributed by atoms with Crippen LogP contribution < -0.4 is 19.5 Å². The first-order valence-corrected chi connectivity index (χ1v) is 19.0. The fourth-order valence-electron chi connectivity index (χ4n) is 6.46. The van der Waals surface area contributed by atoms with Gasteiger partial charge in [-0.05, 0) is 74.7 Å². The molecule has 0 spiro atoms. The number of nitrogens with zero attached hydrogens (tertiary/aromatic N) is 3. The van der Waals surface area contributed by atoms with E-state index in [1.165, 1.54) is 58.3 Å². The summed E-state index contributed by atoms with van der Waals surface area (Å²) in [6.07, 6.45) is 14.4. The third-order valence-corrected chi connectivity index (χ3v) is 9.79. The van der Waals surface area contributed by atoms with Gasteiger partial charge in [0.15, 0.2) is 11.5 Å². The molecule has 0 fully saturated rings. The molecule has 2 atom stereocenters. The second-order valence-corrected chi connectivity index (χ2v) is 14.7. The van der Waals surface area contributed by atoms with Crippen LogP contribution in [0.25, 0.3) is 0 Å². The van der Waals surface area contributed by atoms with Crippen molar-refractivity contribution in [3.8, 4) is 23.3 Å². The highest BCUT2D eigenvalue weighted by molar-refractivity contribution is 5.72. The van der Waals surface area contributed by atoms with Crippen molar-refractivity contribution in [3.05, 3.63) is 63.7 Å². The molecule has 0 radical (unpaired) electrons. The maximum absolute atomic E-state index is 11.5. The smallest absolute Gasteiger partial charge is 0.298 e. The predicted octanol–water partition coefficient (Wildman–Crippen LogP) is 8.81. The maximum atomic E-state index is 11.5. The number of unbranched alkanes of at least 4 members (excludes halogenated alkanes) is 9. The van der Waals surface area contributed by atoms with E-state index in [-0.39, 0.29) is 12.5 Å². The lowest BCUT2D eigenvalue weighted by Crippen LogP contribution is -2.45. The molecular weight excluding hydrogens is 660 g/mol. The fourth-order valence-corrected chi connectivity index (χ4v) is 6.46. The fraction of sp³-hybridized carbons (Fsp3) is 0.659. The molecule has 11 nitrogen and oxygen atoms in total. The van der Waals surface area contributed by atoms with Crippen molar-refractivity contribution in [2.45, 2.75) is 129 Å². The Labute approximate surface area is 312 Å². The van der Waals surface area contributed by atoms with Crippen molar-refractivity contribution in [2.75, 3.05) is 40.9 Å². The van der Waals surface area contributed by atoms with E-state index in [4.69, 9.17) is 19.0 Å². The minimum Gasteiger partial charge on any atom is -0.493 e. The Morgan fingerprint density at radius 1 is 0.923 bits per heavy atom. The number of amides is 1. The molecular formula is C41H64N4O7. The molecule has 0 aliphatic heterocycles. The summed E-state index contributed by atoms with van der Waals surface area (Å²) >= 11 is 0. The Hall–Kier alpha value is -4.04. The third kappa shape index (κ3) is 15.7. The van der Waals surface area contributed by atoms with Crippen LogP contribution in [0.1, 0.15) is 122 Å². The van der Waals surface area contributed by atoms with E-state index in [9.17, 15) is 20.2 Å². The molecule has 2 unspecified atom stereocenters. The second-order valence-electron chi connectivity index (χ2n) is 14.7. The first-order chi connectivity index (χ1) is 24.9. The molecule has 0 aliphatic rings. The second kappa shape index (κ2) is 23.5. The van der Waals surface area contributed by atoms with Crippen LogP contribution in [0.4, 0.5) is 0 Å². The number of carbonyl (C=O) groups excluding carboxylic acids is 1. The first kappa shape index (κ1) is 44.1. The van der Waals surface area contributed by atoms with Crippen LogP contribution in [0, 0.1) is 26.9 Å². The number of carbonyl (C=O) groups is 1. The van der Waals surface area contributed by atoms with Gasteiger partial charge in [-0.25, -0.2) is 0 Å². The Kier molecular flexibility index (Phi) is 19.9. The summed E-state index contributed by atoms with van der Waals surface area (Å²) in [7, 11) is 5.33. The van der Waals surface area contributed by atoms with Crippen LogP contribution >= 0.6 is 0 Å². The van der Waals surface area contributed by atoms with Gasteiger partial charge in [0.2, 0.25) is 5.91 Å². The van der Waals surface area contributed by atoms with E-state index >= 15 is 0 Å². The van der Waals surface area contributed by atoms with Crippen LogP contribution in [0.15, 0.2) is 42.5 Å². The highest BCUT2D eigenvalue weighted by Gasteiger charge is 2.35. The van der Waals surface area contributed by atoms with Crippen molar-refractivity contribution in [1.29, 1.82) is 5.26 Å². The van der Waals surface area contributed by atoms with Crippen molar-refractivity contribution < 1.29 is 28.9 Å². The zero-order valence-electron chi connectivity index (χ0n) is 32.8. The molecule has 0 saturated heterocycles. The Balaban J connectivity index is 2.02. The molecule has 52 heavy (non-hydrogen) atoms. The standard InChI is InChI=1S/C41H64N4O7/c1-8-9-10-11-12-13-14-15-16-17-25-41(31-42,35-22-23-37(49-6)38(30-35)50-7)26-19-27-44(5)28-24-34-20-18-21-36(29-34)51-39(52-45(47)48)40(3,4)32-43-33(2)46/h18,20-23,29-30,39H,8-17,19,24-28,32H2,1-7H3,(H,43,46). The lowest BCUT2D eigenvalue weighted by molar-refractivity contribution is -0.782. The van der Waals surface area contributed by atoms with E-state index in [0.717, 1.165) is 62.7 Å². The van der Waals surface area contributed by atoms with Gasteiger partial charge in [-0.3, -0.25) is 9.63 Å². The zero-order chi connectivity index (χ0) is 38.4. The molecule has 11 heteroatoms. The van der Waals surface area contributed by atoms with E-state index in [2.05, 4.69) is 30.3 Å². The van der Waals surface area contributed by atoms with Crippen LogP contribution in [0.3, 0.4) is 0 Å². The van der Waals surface area contributed by atoms with Gasteiger partial charge in [-0.15, -0.1) is 10.1 Å². The monoisotopic (exact) mass is 724 g/mol. The number of ether oxygens (including phenoxy) is 3. The van der Waals surface area contributed by atoms with E-state index in [1.807, 2.05) is 36.4 Å². The number of hydrogen-bond acceptors (Lipinski definition) is 9. The lowest BCUT2D eigenvalue weighted by Gasteiger charge is -2.32. The molecule has 1 amide bonds. The lowest BCUT2D eigenvalue weighted by atomic mass is 9.74. The summed E-state index contributed by atoms with van der Waals surface area (Å²) in [4.78, 5) is 29.9. The molecule has 0 aliphatic carbocycles. The van der Waals surface area contributed by atoms with Crippen LogP contribution in [-0.2, 0) is 21.5 Å². The Morgan fingerprint density at radius 2 is 1.56 bits per heavy atom. The average molecular weight is 725 g/mol. The number of hydrogen-bond donors (Lipinski definition) is 1. The zero-order valence-corrected chi connectivity index (χ0v) is 32.8. The maximum Gasteiger partial charge on any atom is 0.298 e. The van der Waals surface area contributed by atoms with Crippen LogP contribution in [-0.4, -0.2) is 63.1 Å². The Bertz CT molecular complexity index is 1400. The van der Waals surface area contributed by atoms with Gasteiger partial charge >= 0.3 is 0 Å². The summed E-state index contributed by atoms with van der Waals surface area (Å²) in [6.45, 7) is 8.85. The van der Waals surface area contributed by atoms with Crippen molar-refractivity contribution >= 4 is 5.91 Å². The highest BCUT2D eigenvalue weighted by Crippen LogP contribution is 2.39. The molecule has 0 saturated carbocycles. The summed E-state index contributed by atoms with van der Waals surface area (Å²) in [5.41, 5.74) is 0.490. The van der Waals surface area contributed by atoms with Gasteiger partial charge in [0, 0.05) is 25.4 Å². The number of likely N-dealkylation sites (N-methyl/N-ethyl adjacent to an activating group) is 1. The molecule has 2 aromatic rings. The van der Waals surface area contributed by atoms with Gasteiger partial charge in [0.25, 0.3) is 11.4 Å². The van der Waals surface area contributed by atoms with Gasteiger partial charge in [-0.2, -0.15) is 5.26 Å². The minimum atomic E-state index is -1.22. The molecule has 290 valence electrons. The summed E-state index contributed by atoms with van der Waals surface area (Å²) < 4.78 is 17.1.